The minimum absolute atomic E-state index is 0.179. The maximum Gasteiger partial charge on any atom is 0.251 e. The largest absolute Gasteiger partial charge is 0.319 e. The van der Waals surface area contributed by atoms with Crippen LogP contribution in [0.1, 0.15) is 11.1 Å². The van der Waals surface area contributed by atoms with E-state index in [1.54, 1.807) is 11.9 Å². The fourth-order valence-electron chi connectivity index (χ4n) is 1.69. The number of rotatable bonds is 7. The van der Waals surface area contributed by atoms with Crippen LogP contribution < -0.4 is 5.32 Å². The van der Waals surface area contributed by atoms with Crippen molar-refractivity contribution in [2.45, 2.75) is 19.4 Å². The summed E-state index contributed by atoms with van der Waals surface area (Å²) in [6, 6.07) is 8.13. The van der Waals surface area contributed by atoms with Gasteiger partial charge in [0.25, 0.3) is 6.43 Å². The second-order valence-electron chi connectivity index (χ2n) is 4.26. The summed E-state index contributed by atoms with van der Waals surface area (Å²) in [6.07, 6.45) is -1.28. The maximum absolute atomic E-state index is 12.1. The number of nitrogens with one attached hydrogen (secondary N) is 1. The lowest BCUT2D eigenvalue weighted by Gasteiger charge is -2.16. The Bertz CT molecular complexity index is 312. The molecule has 0 amide bonds. The third-order valence-electron chi connectivity index (χ3n) is 2.59. The highest BCUT2D eigenvalue weighted by Gasteiger charge is 2.07. The van der Waals surface area contributed by atoms with E-state index in [-0.39, 0.29) is 6.54 Å². The lowest BCUT2D eigenvalue weighted by molar-refractivity contribution is 0.0975. The number of benzene rings is 1. The van der Waals surface area contributed by atoms with Crippen LogP contribution in [-0.2, 0) is 13.0 Å². The van der Waals surface area contributed by atoms with Crippen molar-refractivity contribution in [3.63, 3.8) is 0 Å². The van der Waals surface area contributed by atoms with Crippen LogP contribution in [0.4, 0.5) is 8.78 Å². The number of hydrogen-bond donors (Lipinski definition) is 1. The topological polar surface area (TPSA) is 15.3 Å². The molecule has 0 aromatic heterocycles. The zero-order valence-corrected chi connectivity index (χ0v) is 10.4. The first-order valence-corrected chi connectivity index (χ1v) is 5.81. The standard InChI is InChI=1S/C13H20F2N2/c1-16-8-7-11-3-5-12(6-4-11)9-17(2)10-13(14)15/h3-6,13,16H,7-10H2,1-2H3. The molecular formula is C13H20F2N2. The van der Waals surface area contributed by atoms with Crippen molar-refractivity contribution in [3.05, 3.63) is 35.4 Å². The molecule has 0 fully saturated rings. The lowest BCUT2D eigenvalue weighted by Crippen LogP contribution is -2.24. The average Bonchev–Trinajstić information content (AvgIpc) is 2.27. The van der Waals surface area contributed by atoms with Crippen LogP contribution in [0.2, 0.25) is 0 Å². The van der Waals surface area contributed by atoms with Crippen molar-refractivity contribution in [3.8, 4) is 0 Å². The van der Waals surface area contributed by atoms with E-state index < -0.39 is 6.43 Å². The zero-order chi connectivity index (χ0) is 12.7. The molecule has 0 bridgehead atoms. The highest BCUT2D eigenvalue weighted by Crippen LogP contribution is 2.08. The number of halogens is 2. The fraction of sp³-hybridized carbons (Fsp3) is 0.538. The first kappa shape index (κ1) is 14.1. The van der Waals surface area contributed by atoms with Gasteiger partial charge in [-0.25, -0.2) is 8.78 Å². The third kappa shape index (κ3) is 5.75. The SMILES string of the molecule is CNCCc1ccc(CN(C)CC(F)F)cc1. The summed E-state index contributed by atoms with van der Waals surface area (Å²) in [7, 11) is 3.63. The highest BCUT2D eigenvalue weighted by atomic mass is 19.3. The molecule has 0 aliphatic carbocycles. The van der Waals surface area contributed by atoms with Gasteiger partial charge in [-0.15, -0.1) is 0 Å². The summed E-state index contributed by atoms with van der Waals surface area (Å²) in [5.74, 6) is 0. The molecule has 2 nitrogen and oxygen atoms in total. The number of hydrogen-bond acceptors (Lipinski definition) is 2. The van der Waals surface area contributed by atoms with Crippen LogP contribution in [-0.4, -0.2) is 38.5 Å². The van der Waals surface area contributed by atoms with E-state index in [9.17, 15) is 8.78 Å². The van der Waals surface area contributed by atoms with Crippen LogP contribution in [0.5, 0.6) is 0 Å². The van der Waals surface area contributed by atoms with E-state index in [0.717, 1.165) is 18.5 Å². The second kappa shape index (κ2) is 7.35. The summed E-state index contributed by atoms with van der Waals surface area (Å²) in [5.41, 5.74) is 2.33. The average molecular weight is 242 g/mol. The molecule has 17 heavy (non-hydrogen) atoms. The first-order valence-electron chi connectivity index (χ1n) is 5.81. The highest BCUT2D eigenvalue weighted by molar-refractivity contribution is 5.22. The summed E-state index contributed by atoms with van der Waals surface area (Å²) in [6.45, 7) is 1.34. The van der Waals surface area contributed by atoms with Gasteiger partial charge in [-0.05, 0) is 38.2 Å². The van der Waals surface area contributed by atoms with Gasteiger partial charge in [0.05, 0.1) is 6.54 Å². The molecule has 0 unspecified atom stereocenters. The zero-order valence-electron chi connectivity index (χ0n) is 10.4. The summed E-state index contributed by atoms with van der Waals surface area (Å²) in [5, 5.41) is 3.09. The Kier molecular flexibility index (Phi) is 6.08. The molecule has 0 aliphatic rings. The second-order valence-corrected chi connectivity index (χ2v) is 4.26. The van der Waals surface area contributed by atoms with E-state index >= 15 is 0 Å². The van der Waals surface area contributed by atoms with E-state index in [0.29, 0.717) is 6.54 Å². The Morgan fingerprint density at radius 3 is 2.29 bits per heavy atom. The first-order chi connectivity index (χ1) is 8.11. The van der Waals surface area contributed by atoms with Crippen molar-refractivity contribution in [1.82, 2.24) is 10.2 Å². The van der Waals surface area contributed by atoms with Crippen molar-refractivity contribution < 1.29 is 8.78 Å². The van der Waals surface area contributed by atoms with Crippen LogP contribution in [0.3, 0.4) is 0 Å². The molecule has 96 valence electrons. The van der Waals surface area contributed by atoms with Gasteiger partial charge in [0.1, 0.15) is 0 Å². The predicted molar refractivity (Wildman–Crippen MR) is 66.4 cm³/mol. The summed E-state index contributed by atoms with van der Waals surface area (Å²) < 4.78 is 24.3. The Balaban J connectivity index is 2.44. The van der Waals surface area contributed by atoms with Crippen molar-refractivity contribution in [1.29, 1.82) is 0 Å². The molecule has 0 spiro atoms. The molecule has 0 aliphatic heterocycles. The Morgan fingerprint density at radius 1 is 1.18 bits per heavy atom. The van der Waals surface area contributed by atoms with Gasteiger partial charge in [-0.2, -0.15) is 0 Å². The molecule has 1 aromatic rings. The van der Waals surface area contributed by atoms with Crippen LogP contribution >= 0.6 is 0 Å². The van der Waals surface area contributed by atoms with Gasteiger partial charge in [-0.1, -0.05) is 24.3 Å². The normalized spacial score (nSPS) is 11.4. The molecule has 0 heterocycles. The van der Waals surface area contributed by atoms with Crippen LogP contribution in [0.25, 0.3) is 0 Å². The summed E-state index contributed by atoms with van der Waals surface area (Å²) in [4.78, 5) is 1.63. The van der Waals surface area contributed by atoms with Gasteiger partial charge in [0.2, 0.25) is 0 Å². The van der Waals surface area contributed by atoms with E-state index in [1.807, 2.05) is 19.2 Å². The molecular weight excluding hydrogens is 222 g/mol. The molecule has 0 saturated carbocycles. The van der Waals surface area contributed by atoms with E-state index in [4.69, 9.17) is 0 Å². The Morgan fingerprint density at radius 2 is 1.76 bits per heavy atom. The fourth-order valence-corrected chi connectivity index (χ4v) is 1.69. The monoisotopic (exact) mass is 242 g/mol. The smallest absolute Gasteiger partial charge is 0.251 e. The minimum Gasteiger partial charge on any atom is -0.319 e. The number of nitrogens with zero attached hydrogens (tertiary/aromatic N) is 1. The molecule has 0 radical (unpaired) electrons. The maximum atomic E-state index is 12.1. The Labute approximate surface area is 102 Å². The lowest BCUT2D eigenvalue weighted by atomic mass is 10.1. The molecule has 0 saturated heterocycles. The molecule has 1 aromatic carbocycles. The van der Waals surface area contributed by atoms with Gasteiger partial charge < -0.3 is 5.32 Å². The summed E-state index contributed by atoms with van der Waals surface area (Å²) >= 11 is 0. The van der Waals surface area contributed by atoms with Crippen molar-refractivity contribution in [2.75, 3.05) is 27.2 Å². The molecule has 1 N–H and O–H groups in total. The van der Waals surface area contributed by atoms with Gasteiger partial charge in [-0.3, -0.25) is 4.90 Å². The molecule has 1 rings (SSSR count). The quantitative estimate of drug-likeness (QED) is 0.788. The predicted octanol–water partition coefficient (Wildman–Crippen LogP) is 2.15. The van der Waals surface area contributed by atoms with Gasteiger partial charge >= 0.3 is 0 Å². The van der Waals surface area contributed by atoms with Crippen LogP contribution in [0, 0.1) is 0 Å². The van der Waals surface area contributed by atoms with E-state index in [2.05, 4.69) is 17.4 Å². The van der Waals surface area contributed by atoms with Gasteiger partial charge in [0, 0.05) is 6.54 Å². The number of likely N-dealkylation sites (N-methyl/N-ethyl adjacent to an activating group) is 1. The van der Waals surface area contributed by atoms with Crippen molar-refractivity contribution in [2.24, 2.45) is 0 Å². The minimum atomic E-state index is -2.27. The molecule has 4 heteroatoms. The van der Waals surface area contributed by atoms with Crippen LogP contribution in [0.15, 0.2) is 24.3 Å². The number of alkyl halides is 2. The van der Waals surface area contributed by atoms with E-state index in [1.165, 1.54) is 5.56 Å². The Hall–Kier alpha value is -1.00. The van der Waals surface area contributed by atoms with Crippen molar-refractivity contribution >= 4 is 0 Å². The molecule has 0 atom stereocenters. The van der Waals surface area contributed by atoms with Gasteiger partial charge in [0.15, 0.2) is 0 Å². The third-order valence-corrected chi connectivity index (χ3v) is 2.59.